The van der Waals surface area contributed by atoms with E-state index in [9.17, 15) is 18.0 Å². The highest BCUT2D eigenvalue weighted by molar-refractivity contribution is 5.95. The molecule has 2 rings (SSSR count). The summed E-state index contributed by atoms with van der Waals surface area (Å²) in [6.07, 6.45) is 0. The highest BCUT2D eigenvalue weighted by atomic mass is 19.2. The van der Waals surface area contributed by atoms with Gasteiger partial charge in [-0.3, -0.25) is 9.79 Å². The van der Waals surface area contributed by atoms with Gasteiger partial charge in [0, 0.05) is 13.6 Å². The average molecular weight is 422 g/mol. The lowest BCUT2D eigenvalue weighted by molar-refractivity contribution is -0.115. The van der Waals surface area contributed by atoms with Crippen LogP contribution in [0.4, 0.5) is 18.9 Å². The second kappa shape index (κ2) is 11.8. The first kappa shape index (κ1) is 23.2. The van der Waals surface area contributed by atoms with Gasteiger partial charge in [-0.15, -0.1) is 0 Å². The van der Waals surface area contributed by atoms with E-state index in [1.165, 1.54) is 0 Å². The van der Waals surface area contributed by atoms with E-state index in [1.54, 1.807) is 7.05 Å². The van der Waals surface area contributed by atoms with Crippen molar-refractivity contribution < 1.29 is 22.7 Å². The number of aliphatic imine (C=N–C) groups is 1. The largest absolute Gasteiger partial charge is 0.376 e. The Morgan fingerprint density at radius 1 is 1.07 bits per heavy atom. The fourth-order valence-electron chi connectivity index (χ4n) is 2.48. The molecule has 162 valence electrons. The van der Waals surface area contributed by atoms with Crippen molar-refractivity contribution in [1.82, 2.24) is 10.6 Å². The van der Waals surface area contributed by atoms with Crippen LogP contribution in [0.3, 0.4) is 0 Å². The molecule has 2 aromatic rings. The molecule has 0 saturated heterocycles. The van der Waals surface area contributed by atoms with Gasteiger partial charge in [0.1, 0.15) is 0 Å². The number of hydrogen-bond acceptors (Lipinski definition) is 3. The van der Waals surface area contributed by atoms with E-state index in [2.05, 4.69) is 20.9 Å². The van der Waals surface area contributed by atoms with Crippen molar-refractivity contribution in [1.29, 1.82) is 0 Å². The van der Waals surface area contributed by atoms with Crippen molar-refractivity contribution in [3.63, 3.8) is 0 Å². The van der Waals surface area contributed by atoms with Crippen LogP contribution in [0.25, 0.3) is 0 Å². The van der Waals surface area contributed by atoms with Crippen molar-refractivity contribution in [2.75, 3.05) is 32.1 Å². The van der Waals surface area contributed by atoms with E-state index in [4.69, 9.17) is 4.74 Å². The van der Waals surface area contributed by atoms with E-state index in [0.717, 1.165) is 17.7 Å². The topological polar surface area (TPSA) is 74.8 Å². The zero-order valence-electron chi connectivity index (χ0n) is 16.8. The number of amides is 1. The molecule has 0 aliphatic rings. The predicted octanol–water partition coefficient (Wildman–Crippen LogP) is 3.06. The fraction of sp³-hybridized carbons (Fsp3) is 0.333. The van der Waals surface area contributed by atoms with Gasteiger partial charge in [-0.25, -0.2) is 13.2 Å². The van der Waals surface area contributed by atoms with Crippen LogP contribution in [0.2, 0.25) is 0 Å². The highest BCUT2D eigenvalue weighted by Crippen LogP contribution is 2.19. The van der Waals surface area contributed by atoms with E-state index in [-0.39, 0.29) is 12.5 Å². The monoisotopic (exact) mass is 422 g/mol. The van der Waals surface area contributed by atoms with Crippen LogP contribution in [-0.4, -0.2) is 38.6 Å². The number of hydrogen-bond donors (Lipinski definition) is 3. The maximum Gasteiger partial charge on any atom is 0.243 e. The molecule has 6 nitrogen and oxygen atoms in total. The zero-order valence-corrected chi connectivity index (χ0v) is 16.8. The first-order chi connectivity index (χ1) is 14.4. The van der Waals surface area contributed by atoms with E-state index >= 15 is 0 Å². The van der Waals surface area contributed by atoms with Crippen molar-refractivity contribution >= 4 is 17.6 Å². The first-order valence-corrected chi connectivity index (χ1v) is 9.40. The molecule has 30 heavy (non-hydrogen) atoms. The lowest BCUT2D eigenvalue weighted by Gasteiger charge is -2.16. The van der Waals surface area contributed by atoms with Crippen LogP contribution in [0.5, 0.6) is 0 Å². The molecule has 0 saturated carbocycles. The summed E-state index contributed by atoms with van der Waals surface area (Å²) >= 11 is 0. The first-order valence-electron chi connectivity index (χ1n) is 9.40. The molecular formula is C21H25F3N4O2. The van der Waals surface area contributed by atoms with Gasteiger partial charge >= 0.3 is 0 Å². The van der Waals surface area contributed by atoms with Gasteiger partial charge in [0.05, 0.1) is 25.4 Å². The number of benzene rings is 2. The van der Waals surface area contributed by atoms with Crippen molar-refractivity contribution in [3.05, 3.63) is 65.5 Å². The second-order valence-electron chi connectivity index (χ2n) is 6.68. The van der Waals surface area contributed by atoms with Gasteiger partial charge in [0.25, 0.3) is 0 Å². The number of carbonyl (C=O) groups is 1. The molecule has 1 unspecified atom stereocenters. The Morgan fingerprint density at radius 2 is 1.80 bits per heavy atom. The highest BCUT2D eigenvalue weighted by Gasteiger charge is 2.15. The van der Waals surface area contributed by atoms with Crippen LogP contribution < -0.4 is 16.0 Å². The number of nitrogens with one attached hydrogen (secondary N) is 3. The second-order valence-corrected chi connectivity index (χ2v) is 6.68. The number of nitrogens with zero attached hydrogens (tertiary/aromatic N) is 1. The van der Waals surface area contributed by atoms with Gasteiger partial charge in [-0.1, -0.05) is 37.3 Å². The summed E-state index contributed by atoms with van der Waals surface area (Å²) in [7, 11) is 1.54. The predicted molar refractivity (Wildman–Crippen MR) is 110 cm³/mol. The molecule has 0 aliphatic heterocycles. The van der Waals surface area contributed by atoms with E-state index < -0.39 is 29.0 Å². The number of guanidine groups is 1. The van der Waals surface area contributed by atoms with E-state index in [1.807, 2.05) is 37.3 Å². The lowest BCUT2D eigenvalue weighted by atomic mass is 10.2. The van der Waals surface area contributed by atoms with Crippen LogP contribution in [0.1, 0.15) is 12.5 Å². The van der Waals surface area contributed by atoms with Gasteiger partial charge in [0.2, 0.25) is 5.91 Å². The molecule has 0 aliphatic carbocycles. The fourth-order valence-corrected chi connectivity index (χ4v) is 2.48. The SMILES string of the molecule is CN=C(NCC(=O)Nc1ccc(F)c(F)c1F)NCC(C)COCc1ccccc1. The molecule has 0 fully saturated rings. The third-order valence-corrected chi connectivity index (χ3v) is 4.08. The lowest BCUT2D eigenvalue weighted by Crippen LogP contribution is -2.43. The third-order valence-electron chi connectivity index (χ3n) is 4.08. The molecule has 1 atom stereocenters. The minimum atomic E-state index is -1.64. The van der Waals surface area contributed by atoms with Crippen LogP contribution >= 0.6 is 0 Å². The summed E-state index contributed by atoms with van der Waals surface area (Å²) < 4.78 is 45.4. The normalized spacial score (nSPS) is 12.4. The Kier molecular flexibility index (Phi) is 9.14. The molecule has 2 aromatic carbocycles. The maximum atomic E-state index is 13.6. The summed E-state index contributed by atoms with van der Waals surface area (Å²) in [4.78, 5) is 15.9. The maximum absolute atomic E-state index is 13.6. The molecule has 0 heterocycles. The molecule has 0 radical (unpaired) electrons. The standard InChI is InChI=1S/C21H25F3N4O2/c1-14(12-30-13-15-6-4-3-5-7-15)10-26-21(25-2)27-11-18(29)28-17-9-8-16(22)19(23)20(17)24/h3-9,14H,10-13H2,1-2H3,(H,28,29)(H2,25,26,27). The molecule has 9 heteroatoms. The summed E-state index contributed by atoms with van der Waals surface area (Å²) in [5, 5.41) is 8.01. The minimum Gasteiger partial charge on any atom is -0.376 e. The Hall–Kier alpha value is -3.07. The van der Waals surface area contributed by atoms with Crippen LogP contribution in [0.15, 0.2) is 47.5 Å². The van der Waals surface area contributed by atoms with Gasteiger partial charge in [-0.05, 0) is 23.6 Å². The van der Waals surface area contributed by atoms with Crippen molar-refractivity contribution in [2.45, 2.75) is 13.5 Å². The summed E-state index contributed by atoms with van der Waals surface area (Å²) in [6, 6.07) is 11.5. The van der Waals surface area contributed by atoms with Crippen molar-refractivity contribution in [2.24, 2.45) is 10.9 Å². The van der Waals surface area contributed by atoms with Gasteiger partial charge < -0.3 is 20.7 Å². The molecule has 0 aromatic heterocycles. The van der Waals surface area contributed by atoms with E-state index in [0.29, 0.717) is 25.7 Å². The summed E-state index contributed by atoms with van der Waals surface area (Å²) in [6.45, 7) is 3.38. The molecule has 3 N–H and O–H groups in total. The Labute approximate surface area is 173 Å². The van der Waals surface area contributed by atoms with Crippen LogP contribution in [0, 0.1) is 23.4 Å². The van der Waals surface area contributed by atoms with Gasteiger partial charge in [0.15, 0.2) is 23.4 Å². The van der Waals surface area contributed by atoms with Gasteiger partial charge in [-0.2, -0.15) is 0 Å². The molecule has 0 spiro atoms. The average Bonchev–Trinajstić information content (AvgIpc) is 2.75. The summed E-state index contributed by atoms with van der Waals surface area (Å²) in [5.41, 5.74) is 0.659. The number of halogens is 3. The molecular weight excluding hydrogens is 397 g/mol. The molecule has 0 bridgehead atoms. The summed E-state index contributed by atoms with van der Waals surface area (Å²) in [5.74, 6) is -4.50. The number of anilines is 1. The third kappa shape index (κ3) is 7.40. The van der Waals surface area contributed by atoms with Crippen molar-refractivity contribution in [3.8, 4) is 0 Å². The quantitative estimate of drug-likeness (QED) is 0.330. The smallest absolute Gasteiger partial charge is 0.243 e. The number of ether oxygens (including phenoxy) is 1. The molecule has 1 amide bonds. The van der Waals surface area contributed by atoms with Crippen LogP contribution in [-0.2, 0) is 16.1 Å². The Bertz CT molecular complexity index is 863. The zero-order chi connectivity index (χ0) is 21.9. The number of rotatable bonds is 9. The Morgan fingerprint density at radius 3 is 2.50 bits per heavy atom. The number of carbonyl (C=O) groups excluding carboxylic acids is 1. The Balaban J connectivity index is 1.70. The minimum absolute atomic E-state index is 0.178.